The van der Waals surface area contributed by atoms with Crippen molar-refractivity contribution in [1.29, 1.82) is 0 Å². The molecule has 3 N–H and O–H groups in total. The minimum absolute atomic E-state index is 0.105. The molecule has 0 aromatic rings. The molecule has 0 rings (SSSR count). The Bertz CT molecular complexity index is 1840. The van der Waals surface area contributed by atoms with Crippen molar-refractivity contribution < 1.29 is 80.2 Å². The lowest BCUT2D eigenvalue weighted by Crippen LogP contribution is -2.30. The van der Waals surface area contributed by atoms with Gasteiger partial charge in [0.15, 0.2) is 12.2 Å². The van der Waals surface area contributed by atoms with E-state index in [9.17, 15) is 43.2 Å². The number of carbonyl (C=O) groups is 4. The van der Waals surface area contributed by atoms with Gasteiger partial charge in [0.1, 0.15) is 19.3 Å². The molecule has 17 nitrogen and oxygen atoms in total. The zero-order chi connectivity index (χ0) is 68.9. The predicted octanol–water partition coefficient (Wildman–Crippen LogP) is 21.3. The molecule has 0 aliphatic carbocycles. The van der Waals surface area contributed by atoms with Gasteiger partial charge in [-0.1, -0.05) is 319 Å². The maximum Gasteiger partial charge on any atom is 0.472 e. The fourth-order valence-electron chi connectivity index (χ4n) is 11.2. The summed E-state index contributed by atoms with van der Waals surface area (Å²) in [6, 6.07) is 0. The number of aliphatic hydroxyl groups excluding tert-OH is 1. The summed E-state index contributed by atoms with van der Waals surface area (Å²) in [6.45, 7) is 14.1. The Balaban J connectivity index is 5.25. The first-order chi connectivity index (χ1) is 44.6. The Hall–Kier alpha value is -1.94. The molecule has 3 unspecified atom stereocenters. The molecule has 0 amide bonds. The van der Waals surface area contributed by atoms with Crippen molar-refractivity contribution in [3.8, 4) is 0 Å². The molecular weight excluding hydrogens is 1220 g/mol. The zero-order valence-corrected chi connectivity index (χ0v) is 62.7. The quantitative estimate of drug-likeness (QED) is 0.0222. The van der Waals surface area contributed by atoms with Crippen LogP contribution in [0.4, 0.5) is 0 Å². The number of hydrogen-bond donors (Lipinski definition) is 3. The van der Waals surface area contributed by atoms with Gasteiger partial charge in [-0.25, -0.2) is 9.13 Å². The lowest BCUT2D eigenvalue weighted by Gasteiger charge is -2.21. The minimum atomic E-state index is -4.96. The molecule has 0 spiro atoms. The van der Waals surface area contributed by atoms with Crippen molar-refractivity contribution in [2.24, 2.45) is 23.7 Å². The van der Waals surface area contributed by atoms with Crippen LogP contribution >= 0.6 is 15.6 Å². The normalized spacial score (nSPS) is 14.5. The van der Waals surface area contributed by atoms with Crippen molar-refractivity contribution in [1.82, 2.24) is 0 Å². The first-order valence-electron chi connectivity index (χ1n) is 38.2. The molecule has 0 aromatic carbocycles. The van der Waals surface area contributed by atoms with Crippen molar-refractivity contribution >= 4 is 39.5 Å². The van der Waals surface area contributed by atoms with E-state index in [1.807, 2.05) is 0 Å². The number of phosphoric ester groups is 2. The highest BCUT2D eigenvalue weighted by Gasteiger charge is 2.30. The molecule has 93 heavy (non-hydrogen) atoms. The van der Waals surface area contributed by atoms with Gasteiger partial charge in [-0.05, 0) is 49.4 Å². The molecular formula is C74H144O17P2. The number of rotatable bonds is 71. The second kappa shape index (κ2) is 63.5. The summed E-state index contributed by atoms with van der Waals surface area (Å²) in [4.78, 5) is 72.7. The molecule has 552 valence electrons. The van der Waals surface area contributed by atoms with Crippen LogP contribution in [0.3, 0.4) is 0 Å². The molecule has 0 aliphatic rings. The average Bonchev–Trinajstić information content (AvgIpc) is 3.73. The number of hydrogen-bond acceptors (Lipinski definition) is 15. The summed E-state index contributed by atoms with van der Waals surface area (Å²) < 4.78 is 68.4. The molecule has 0 radical (unpaired) electrons. The highest BCUT2D eigenvalue weighted by atomic mass is 31.2. The molecule has 0 aromatic heterocycles. The number of carbonyl (C=O) groups excluding carboxylic acids is 4. The SMILES string of the molecule is CCC(C)CCCCCCCCCCCCC(=O)O[C@H](COC(=O)CCCCCCCCCCCCCCCC(C)C)COP(=O)(O)OC[C@@H](O)COP(=O)(O)OC[C@@H](COC(=O)CCCCCCCCC(C)C)OC(=O)CCCCCCCCCCCCCC(C)C. The van der Waals surface area contributed by atoms with Crippen molar-refractivity contribution in [3.05, 3.63) is 0 Å². The third-order valence-corrected chi connectivity index (χ3v) is 19.3. The van der Waals surface area contributed by atoms with Crippen LogP contribution in [0.2, 0.25) is 0 Å². The van der Waals surface area contributed by atoms with Gasteiger partial charge in [-0.15, -0.1) is 0 Å². The van der Waals surface area contributed by atoms with Crippen molar-refractivity contribution in [2.75, 3.05) is 39.6 Å². The van der Waals surface area contributed by atoms with Crippen molar-refractivity contribution in [2.45, 2.75) is 388 Å². The van der Waals surface area contributed by atoms with Gasteiger partial charge in [0, 0.05) is 25.7 Å². The smallest absolute Gasteiger partial charge is 0.462 e. The summed E-state index contributed by atoms with van der Waals surface area (Å²) in [7, 11) is -9.91. The Kier molecular flexibility index (Phi) is 62.2. The Morgan fingerprint density at radius 2 is 0.516 bits per heavy atom. The van der Waals surface area contributed by atoms with Crippen LogP contribution in [-0.4, -0.2) is 96.7 Å². The molecule has 0 aliphatic heterocycles. The number of aliphatic hydroxyl groups is 1. The lowest BCUT2D eigenvalue weighted by atomic mass is 9.99. The zero-order valence-electron chi connectivity index (χ0n) is 60.9. The third-order valence-electron chi connectivity index (χ3n) is 17.4. The van der Waals surface area contributed by atoms with E-state index in [0.717, 1.165) is 114 Å². The summed E-state index contributed by atoms with van der Waals surface area (Å²) in [6.07, 6.45) is 47.2. The van der Waals surface area contributed by atoms with E-state index in [-0.39, 0.29) is 25.7 Å². The van der Waals surface area contributed by atoms with Gasteiger partial charge < -0.3 is 33.8 Å². The first kappa shape index (κ1) is 91.1. The van der Waals surface area contributed by atoms with Gasteiger partial charge in [0.25, 0.3) is 0 Å². The highest BCUT2D eigenvalue weighted by molar-refractivity contribution is 7.47. The monoisotopic (exact) mass is 1370 g/mol. The van der Waals surface area contributed by atoms with Crippen LogP contribution in [0.1, 0.15) is 370 Å². The fraction of sp³-hybridized carbons (Fsp3) is 0.946. The molecule has 0 fully saturated rings. The van der Waals surface area contributed by atoms with E-state index in [4.69, 9.17) is 37.0 Å². The second-order valence-corrected chi connectivity index (χ2v) is 31.3. The van der Waals surface area contributed by atoms with Gasteiger partial charge in [-0.2, -0.15) is 0 Å². The van der Waals surface area contributed by atoms with Crippen LogP contribution in [0.25, 0.3) is 0 Å². The Morgan fingerprint density at radius 1 is 0.301 bits per heavy atom. The summed E-state index contributed by atoms with van der Waals surface area (Å²) in [5, 5.41) is 10.6. The third kappa shape index (κ3) is 67.0. The predicted molar refractivity (Wildman–Crippen MR) is 377 cm³/mol. The molecule has 19 heteroatoms. The molecule has 0 saturated carbocycles. The van der Waals surface area contributed by atoms with E-state index in [1.165, 1.54) is 167 Å². The minimum Gasteiger partial charge on any atom is -0.462 e. The molecule has 6 atom stereocenters. The summed E-state index contributed by atoms with van der Waals surface area (Å²) in [5.74, 6) is 0.914. The number of esters is 4. The first-order valence-corrected chi connectivity index (χ1v) is 41.2. The van der Waals surface area contributed by atoms with Crippen LogP contribution in [-0.2, 0) is 65.4 Å². The summed E-state index contributed by atoms with van der Waals surface area (Å²) in [5.41, 5.74) is 0. The molecule has 0 heterocycles. The van der Waals surface area contributed by atoms with Gasteiger partial charge in [0.2, 0.25) is 0 Å². The number of unbranched alkanes of at least 4 members (excludes halogenated alkanes) is 36. The van der Waals surface area contributed by atoms with Gasteiger partial charge in [-0.3, -0.25) is 37.3 Å². The topological polar surface area (TPSA) is 237 Å². The maximum absolute atomic E-state index is 13.1. The Morgan fingerprint density at radius 3 is 0.763 bits per heavy atom. The van der Waals surface area contributed by atoms with Gasteiger partial charge in [0.05, 0.1) is 26.4 Å². The standard InChI is InChI=1S/C74H144O17P2/c1-9-67(8)53-45-37-28-22-18-19-25-31-41-49-57-74(79)90-69(60-84-71(76)54-46-38-29-23-16-12-10-11-14-20-26-34-42-50-64(2)3)62-88-92(80,81)86-58-68(75)59-87-93(82,83)89-63-70(61-85-72(77)55-47-39-33-32-36-44-52-66(6)7)91-73(78)56-48-40-30-24-17-13-15-21-27-35-43-51-65(4)5/h64-70,75H,9-63H2,1-8H3,(H,80,81)(H,82,83)/t67?,68-,69-,70-/m1/s1. The summed E-state index contributed by atoms with van der Waals surface area (Å²) >= 11 is 0. The van der Waals surface area contributed by atoms with Crippen LogP contribution < -0.4 is 0 Å². The van der Waals surface area contributed by atoms with E-state index in [0.29, 0.717) is 31.6 Å². The van der Waals surface area contributed by atoms with Crippen LogP contribution in [0.5, 0.6) is 0 Å². The van der Waals surface area contributed by atoms with Crippen LogP contribution in [0, 0.1) is 23.7 Å². The van der Waals surface area contributed by atoms with Crippen LogP contribution in [0.15, 0.2) is 0 Å². The maximum atomic E-state index is 13.1. The van der Waals surface area contributed by atoms with Gasteiger partial charge >= 0.3 is 39.5 Å². The van der Waals surface area contributed by atoms with E-state index < -0.39 is 97.5 Å². The van der Waals surface area contributed by atoms with Crippen molar-refractivity contribution in [3.63, 3.8) is 0 Å². The fourth-order valence-corrected chi connectivity index (χ4v) is 12.7. The highest BCUT2D eigenvalue weighted by Crippen LogP contribution is 2.45. The van der Waals surface area contributed by atoms with E-state index >= 15 is 0 Å². The largest absolute Gasteiger partial charge is 0.472 e. The number of phosphoric acid groups is 2. The second-order valence-electron chi connectivity index (χ2n) is 28.4. The Labute approximate surface area is 568 Å². The van der Waals surface area contributed by atoms with E-state index in [1.54, 1.807) is 0 Å². The lowest BCUT2D eigenvalue weighted by molar-refractivity contribution is -0.161. The number of ether oxygens (including phenoxy) is 4. The molecule has 0 saturated heterocycles. The average molecular weight is 1370 g/mol. The molecule has 0 bridgehead atoms. The van der Waals surface area contributed by atoms with E-state index in [2.05, 4.69) is 55.4 Å².